The summed E-state index contributed by atoms with van der Waals surface area (Å²) in [6.45, 7) is 4.11. The number of hydrogen-bond acceptors (Lipinski definition) is 3. The summed E-state index contributed by atoms with van der Waals surface area (Å²) >= 11 is 0. The molecule has 2 rings (SSSR count). The Labute approximate surface area is 114 Å². The summed E-state index contributed by atoms with van der Waals surface area (Å²) < 4.78 is 0. The van der Waals surface area contributed by atoms with Crippen LogP contribution in [0.5, 0.6) is 0 Å². The molecule has 0 spiro atoms. The van der Waals surface area contributed by atoms with Crippen molar-refractivity contribution in [1.29, 1.82) is 0 Å². The maximum Gasteiger partial charge on any atom is 0.0887 e. The number of azo groups is 1. The number of anilines is 1. The summed E-state index contributed by atoms with van der Waals surface area (Å²) in [6, 6.07) is 14.2. The van der Waals surface area contributed by atoms with E-state index in [1.54, 1.807) is 0 Å². The van der Waals surface area contributed by atoms with Crippen LogP contribution < -0.4 is 4.90 Å². The van der Waals surface area contributed by atoms with Crippen LogP contribution in [0.1, 0.15) is 11.1 Å². The lowest BCUT2D eigenvalue weighted by Gasteiger charge is -2.13. The molecule has 0 aliphatic rings. The first kappa shape index (κ1) is 13.3. The molecule has 0 bridgehead atoms. The summed E-state index contributed by atoms with van der Waals surface area (Å²) in [6.07, 6.45) is 0. The van der Waals surface area contributed by atoms with Gasteiger partial charge in [-0.15, -0.1) is 0 Å². The molecule has 0 amide bonds. The Hall–Kier alpha value is -2.16. The zero-order valence-corrected chi connectivity index (χ0v) is 11.9. The van der Waals surface area contributed by atoms with Crippen molar-refractivity contribution in [3.05, 3.63) is 53.6 Å². The molecule has 3 nitrogen and oxygen atoms in total. The molecule has 0 N–H and O–H groups in total. The first-order chi connectivity index (χ1) is 9.06. The molecule has 0 aliphatic heterocycles. The van der Waals surface area contributed by atoms with Gasteiger partial charge in [-0.1, -0.05) is 17.7 Å². The summed E-state index contributed by atoms with van der Waals surface area (Å²) in [5.41, 5.74) is 5.31. The van der Waals surface area contributed by atoms with E-state index in [2.05, 4.69) is 41.1 Å². The zero-order valence-electron chi connectivity index (χ0n) is 11.9. The lowest BCUT2D eigenvalue weighted by molar-refractivity contribution is 1.12. The average molecular weight is 253 g/mol. The molecule has 3 heteroatoms. The highest BCUT2D eigenvalue weighted by atomic mass is 15.1. The van der Waals surface area contributed by atoms with Gasteiger partial charge in [0.05, 0.1) is 11.4 Å². The van der Waals surface area contributed by atoms with E-state index >= 15 is 0 Å². The third-order valence-corrected chi connectivity index (χ3v) is 3.00. The van der Waals surface area contributed by atoms with Crippen molar-refractivity contribution in [3.63, 3.8) is 0 Å². The van der Waals surface area contributed by atoms with Gasteiger partial charge in [-0.05, 0) is 49.7 Å². The van der Waals surface area contributed by atoms with Gasteiger partial charge in [0.25, 0.3) is 0 Å². The van der Waals surface area contributed by atoms with Crippen molar-refractivity contribution in [2.45, 2.75) is 13.8 Å². The Morgan fingerprint density at radius 2 is 1.53 bits per heavy atom. The van der Waals surface area contributed by atoms with Gasteiger partial charge >= 0.3 is 0 Å². The van der Waals surface area contributed by atoms with Crippen LogP contribution in [0.4, 0.5) is 17.1 Å². The molecule has 0 unspecified atom stereocenters. The normalized spacial score (nSPS) is 10.9. The van der Waals surface area contributed by atoms with Gasteiger partial charge in [0.2, 0.25) is 0 Å². The fourth-order valence-electron chi connectivity index (χ4n) is 1.75. The van der Waals surface area contributed by atoms with Crippen molar-refractivity contribution < 1.29 is 0 Å². The second-order valence-electron chi connectivity index (χ2n) is 4.90. The minimum Gasteiger partial charge on any atom is -0.378 e. The largest absolute Gasteiger partial charge is 0.378 e. The molecule has 0 heterocycles. The van der Waals surface area contributed by atoms with Crippen LogP contribution >= 0.6 is 0 Å². The van der Waals surface area contributed by atoms with Crippen molar-refractivity contribution in [1.82, 2.24) is 0 Å². The minimum absolute atomic E-state index is 0.877. The van der Waals surface area contributed by atoms with Gasteiger partial charge < -0.3 is 4.90 Å². The molecule has 2 aromatic rings. The monoisotopic (exact) mass is 253 g/mol. The highest BCUT2D eigenvalue weighted by Crippen LogP contribution is 2.25. The third kappa shape index (κ3) is 3.41. The highest BCUT2D eigenvalue weighted by molar-refractivity contribution is 5.57. The highest BCUT2D eigenvalue weighted by Gasteiger charge is 2.00. The second kappa shape index (κ2) is 5.65. The van der Waals surface area contributed by atoms with Crippen molar-refractivity contribution in [2.24, 2.45) is 10.2 Å². The predicted molar refractivity (Wildman–Crippen MR) is 80.9 cm³/mol. The van der Waals surface area contributed by atoms with E-state index in [9.17, 15) is 0 Å². The topological polar surface area (TPSA) is 28.0 Å². The number of nitrogens with zero attached hydrogens (tertiary/aromatic N) is 3. The fourth-order valence-corrected chi connectivity index (χ4v) is 1.75. The maximum atomic E-state index is 4.31. The summed E-state index contributed by atoms with van der Waals surface area (Å²) in [5.74, 6) is 0. The summed E-state index contributed by atoms with van der Waals surface area (Å²) in [7, 11) is 4.06. The van der Waals surface area contributed by atoms with Crippen LogP contribution in [-0.4, -0.2) is 14.1 Å². The first-order valence-corrected chi connectivity index (χ1v) is 6.32. The molecule has 0 saturated carbocycles. The van der Waals surface area contributed by atoms with Crippen LogP contribution in [0.3, 0.4) is 0 Å². The molecular weight excluding hydrogens is 234 g/mol. The quantitative estimate of drug-likeness (QED) is 0.723. The van der Waals surface area contributed by atoms with Crippen LogP contribution in [-0.2, 0) is 0 Å². The van der Waals surface area contributed by atoms with E-state index in [0.717, 1.165) is 16.9 Å². The summed E-state index contributed by atoms with van der Waals surface area (Å²) in [4.78, 5) is 2.08. The molecule has 0 aliphatic carbocycles. The second-order valence-corrected chi connectivity index (χ2v) is 4.90. The van der Waals surface area contributed by atoms with Crippen molar-refractivity contribution in [3.8, 4) is 0 Å². The standard InChI is InChI=1S/C16H19N3/c1-12-5-7-14(8-6-12)17-18-16-10-9-15(19(3)4)11-13(16)2/h5-11H,1-4H3. The van der Waals surface area contributed by atoms with Gasteiger partial charge in [0.1, 0.15) is 0 Å². The lowest BCUT2D eigenvalue weighted by Crippen LogP contribution is -2.08. The Morgan fingerprint density at radius 3 is 2.11 bits per heavy atom. The van der Waals surface area contributed by atoms with E-state index in [1.807, 2.05) is 44.4 Å². The van der Waals surface area contributed by atoms with E-state index in [4.69, 9.17) is 0 Å². The molecule has 0 fully saturated rings. The van der Waals surface area contributed by atoms with Crippen molar-refractivity contribution >= 4 is 17.1 Å². The number of aryl methyl sites for hydroxylation is 2. The molecule has 0 saturated heterocycles. The Bertz CT molecular complexity index is 583. The molecule has 0 aromatic heterocycles. The van der Waals surface area contributed by atoms with Crippen LogP contribution in [0.25, 0.3) is 0 Å². The predicted octanol–water partition coefficient (Wildman–Crippen LogP) is 4.78. The fraction of sp³-hybridized carbons (Fsp3) is 0.250. The SMILES string of the molecule is Cc1ccc(N=Nc2ccc(N(C)C)cc2C)cc1. The molecule has 2 aromatic carbocycles. The van der Waals surface area contributed by atoms with Gasteiger partial charge in [-0.3, -0.25) is 0 Å². The van der Waals surface area contributed by atoms with E-state index in [-0.39, 0.29) is 0 Å². The first-order valence-electron chi connectivity index (χ1n) is 6.32. The zero-order chi connectivity index (χ0) is 13.8. The Balaban J connectivity index is 2.21. The lowest BCUT2D eigenvalue weighted by atomic mass is 10.2. The maximum absolute atomic E-state index is 4.31. The number of benzene rings is 2. The Morgan fingerprint density at radius 1 is 0.842 bits per heavy atom. The molecule has 19 heavy (non-hydrogen) atoms. The van der Waals surface area contributed by atoms with Gasteiger partial charge in [-0.25, -0.2) is 0 Å². The van der Waals surface area contributed by atoms with Gasteiger partial charge in [0.15, 0.2) is 0 Å². The van der Waals surface area contributed by atoms with Crippen LogP contribution in [0, 0.1) is 13.8 Å². The minimum atomic E-state index is 0.877. The van der Waals surface area contributed by atoms with E-state index in [0.29, 0.717) is 0 Å². The molecule has 0 atom stereocenters. The smallest absolute Gasteiger partial charge is 0.0887 e. The average Bonchev–Trinajstić information content (AvgIpc) is 2.39. The van der Waals surface area contributed by atoms with Gasteiger partial charge in [0, 0.05) is 19.8 Å². The van der Waals surface area contributed by atoms with Crippen molar-refractivity contribution in [2.75, 3.05) is 19.0 Å². The third-order valence-electron chi connectivity index (χ3n) is 3.00. The summed E-state index contributed by atoms with van der Waals surface area (Å²) in [5, 5.41) is 8.58. The Kier molecular flexibility index (Phi) is 3.95. The van der Waals surface area contributed by atoms with Crippen LogP contribution in [0.15, 0.2) is 52.7 Å². The molecule has 0 radical (unpaired) electrons. The number of hydrogen-bond donors (Lipinski definition) is 0. The van der Waals surface area contributed by atoms with E-state index in [1.165, 1.54) is 11.3 Å². The molecule has 98 valence electrons. The molecular formula is C16H19N3. The van der Waals surface area contributed by atoms with E-state index < -0.39 is 0 Å². The van der Waals surface area contributed by atoms with Crippen LogP contribution in [0.2, 0.25) is 0 Å². The van der Waals surface area contributed by atoms with Gasteiger partial charge in [-0.2, -0.15) is 10.2 Å². The number of rotatable bonds is 3.